The second kappa shape index (κ2) is 6.71. The number of urea groups is 1. The summed E-state index contributed by atoms with van der Waals surface area (Å²) >= 11 is 0. The largest absolute Gasteiger partial charge is 0.466 e. The molecule has 0 aliphatic carbocycles. The number of rotatable bonds is 3. The monoisotopic (exact) mass is 382 g/mol. The van der Waals surface area contributed by atoms with Gasteiger partial charge in [-0.3, -0.25) is 9.69 Å². The highest BCUT2D eigenvalue weighted by atomic mass is 19.4. The Kier molecular flexibility index (Phi) is 5.13. The minimum absolute atomic E-state index is 0.0784. The van der Waals surface area contributed by atoms with E-state index in [-0.39, 0.29) is 17.1 Å². The molecule has 0 aromatic heterocycles. The van der Waals surface area contributed by atoms with E-state index in [0.717, 1.165) is 6.07 Å². The van der Waals surface area contributed by atoms with Gasteiger partial charge < -0.3 is 15.2 Å². The van der Waals surface area contributed by atoms with Gasteiger partial charge in [0, 0.05) is 7.05 Å². The number of ether oxygens (including phenoxy) is 1. The van der Waals surface area contributed by atoms with Crippen LogP contribution in [0.4, 0.5) is 26.7 Å². The highest BCUT2D eigenvalue weighted by Gasteiger charge is 2.69. The van der Waals surface area contributed by atoms with E-state index in [9.17, 15) is 36.6 Å². The summed E-state index contributed by atoms with van der Waals surface area (Å²) in [5, 5.41) is 12.4. The predicted molar refractivity (Wildman–Crippen MR) is 76.5 cm³/mol. The zero-order valence-corrected chi connectivity index (χ0v) is 13.6. The summed E-state index contributed by atoms with van der Waals surface area (Å²) in [6.07, 6.45) is -5.44. The summed E-state index contributed by atoms with van der Waals surface area (Å²) in [4.78, 5) is 24.1. The molecule has 0 unspecified atom stereocenters. The number of esters is 1. The molecule has 6 nitrogen and oxygen atoms in total. The van der Waals surface area contributed by atoms with Crippen molar-refractivity contribution in [2.45, 2.75) is 24.9 Å². The van der Waals surface area contributed by atoms with Crippen LogP contribution in [0.25, 0.3) is 0 Å². The Labute approximate surface area is 144 Å². The Hall–Kier alpha value is -2.43. The molecule has 2 amide bonds. The minimum Gasteiger partial charge on any atom is -0.466 e. The number of aliphatic hydroxyl groups is 1. The second-order valence-corrected chi connectivity index (χ2v) is 5.61. The van der Waals surface area contributed by atoms with Crippen molar-refractivity contribution in [3.8, 4) is 0 Å². The third kappa shape index (κ3) is 3.06. The normalized spacial score (nSPS) is 26.5. The van der Waals surface area contributed by atoms with Gasteiger partial charge in [0.15, 0.2) is 11.6 Å². The fraction of sp³-hybridized carbons (Fsp3) is 0.467. The molecule has 3 atom stereocenters. The van der Waals surface area contributed by atoms with Crippen molar-refractivity contribution in [2.75, 3.05) is 13.7 Å². The average Bonchev–Trinajstić information content (AvgIpc) is 2.54. The molecule has 1 heterocycles. The van der Waals surface area contributed by atoms with Gasteiger partial charge in [0.2, 0.25) is 0 Å². The van der Waals surface area contributed by atoms with Crippen molar-refractivity contribution in [1.82, 2.24) is 10.2 Å². The van der Waals surface area contributed by atoms with Gasteiger partial charge in [-0.05, 0) is 24.6 Å². The van der Waals surface area contributed by atoms with Gasteiger partial charge in [-0.2, -0.15) is 13.2 Å². The molecule has 26 heavy (non-hydrogen) atoms. The molecule has 0 radical (unpaired) electrons. The van der Waals surface area contributed by atoms with Crippen LogP contribution in [-0.2, 0) is 9.53 Å². The zero-order valence-electron chi connectivity index (χ0n) is 13.6. The van der Waals surface area contributed by atoms with Gasteiger partial charge in [-0.1, -0.05) is 6.07 Å². The maximum Gasteiger partial charge on any atom is 0.437 e. The molecular weight excluding hydrogens is 367 g/mol. The predicted octanol–water partition coefficient (Wildman–Crippen LogP) is 2.09. The van der Waals surface area contributed by atoms with E-state index in [1.54, 1.807) is 0 Å². The van der Waals surface area contributed by atoms with Crippen LogP contribution >= 0.6 is 0 Å². The van der Waals surface area contributed by atoms with Crippen LogP contribution in [0.15, 0.2) is 18.2 Å². The SMILES string of the molecule is CCOC(=O)[C@@H]1[C@@H](c2ccc(F)c(F)c2)NC(=O)N(C)[C@@]1(O)C(F)(F)F. The van der Waals surface area contributed by atoms with Crippen molar-refractivity contribution in [3.63, 3.8) is 0 Å². The van der Waals surface area contributed by atoms with Crippen molar-refractivity contribution in [2.24, 2.45) is 5.92 Å². The third-order valence-electron chi connectivity index (χ3n) is 4.12. The second-order valence-electron chi connectivity index (χ2n) is 5.61. The van der Waals surface area contributed by atoms with Gasteiger partial charge >= 0.3 is 18.2 Å². The van der Waals surface area contributed by atoms with Crippen LogP contribution in [0.3, 0.4) is 0 Å². The Balaban J connectivity index is 2.66. The molecule has 1 aromatic rings. The number of nitrogens with zero attached hydrogens (tertiary/aromatic N) is 1. The van der Waals surface area contributed by atoms with E-state index in [1.807, 2.05) is 0 Å². The lowest BCUT2D eigenvalue weighted by Gasteiger charge is -2.49. The van der Waals surface area contributed by atoms with Gasteiger partial charge in [0.1, 0.15) is 5.92 Å². The first kappa shape index (κ1) is 19.9. The molecule has 2 N–H and O–H groups in total. The molecule has 1 aromatic carbocycles. The summed E-state index contributed by atoms with van der Waals surface area (Å²) in [6.45, 7) is 1.04. The fourth-order valence-corrected chi connectivity index (χ4v) is 2.79. The number of hydrogen-bond acceptors (Lipinski definition) is 4. The van der Waals surface area contributed by atoms with E-state index >= 15 is 0 Å². The molecule has 2 rings (SSSR count). The van der Waals surface area contributed by atoms with Crippen LogP contribution in [0.1, 0.15) is 18.5 Å². The van der Waals surface area contributed by atoms with Crippen molar-refractivity contribution < 1.29 is 41.4 Å². The zero-order chi connectivity index (χ0) is 19.9. The number of hydrogen-bond donors (Lipinski definition) is 2. The van der Waals surface area contributed by atoms with Gasteiger partial charge in [-0.25, -0.2) is 13.6 Å². The van der Waals surface area contributed by atoms with Crippen molar-refractivity contribution >= 4 is 12.0 Å². The molecule has 1 saturated heterocycles. The summed E-state index contributed by atoms with van der Waals surface area (Å²) < 4.78 is 72.1. The molecule has 11 heteroatoms. The number of amides is 2. The first-order valence-corrected chi connectivity index (χ1v) is 7.40. The average molecular weight is 382 g/mol. The number of alkyl halides is 3. The lowest BCUT2D eigenvalue weighted by molar-refractivity contribution is -0.328. The van der Waals surface area contributed by atoms with Crippen LogP contribution in [0.2, 0.25) is 0 Å². The number of halogens is 5. The first-order chi connectivity index (χ1) is 11.9. The summed E-state index contributed by atoms with van der Waals surface area (Å²) in [7, 11) is 0.649. The summed E-state index contributed by atoms with van der Waals surface area (Å²) in [5.41, 5.74) is -4.26. The maximum atomic E-state index is 13.6. The number of nitrogens with one attached hydrogen (secondary N) is 1. The van der Waals surface area contributed by atoms with E-state index in [4.69, 9.17) is 0 Å². The van der Waals surface area contributed by atoms with Crippen molar-refractivity contribution in [3.05, 3.63) is 35.4 Å². The van der Waals surface area contributed by atoms with E-state index in [1.165, 1.54) is 6.92 Å². The fourth-order valence-electron chi connectivity index (χ4n) is 2.79. The molecule has 144 valence electrons. The van der Waals surface area contributed by atoms with Crippen LogP contribution in [-0.4, -0.2) is 47.6 Å². The lowest BCUT2D eigenvalue weighted by Crippen LogP contribution is -2.73. The minimum atomic E-state index is -5.44. The summed E-state index contributed by atoms with van der Waals surface area (Å²) in [5.74, 6) is -6.51. The van der Waals surface area contributed by atoms with E-state index in [0.29, 0.717) is 19.2 Å². The highest BCUT2D eigenvalue weighted by molar-refractivity contribution is 5.83. The number of benzene rings is 1. The first-order valence-electron chi connectivity index (χ1n) is 7.40. The highest BCUT2D eigenvalue weighted by Crippen LogP contribution is 2.46. The Morgan fingerprint density at radius 3 is 2.46 bits per heavy atom. The Bertz CT molecular complexity index is 726. The van der Waals surface area contributed by atoms with Gasteiger partial charge in [0.25, 0.3) is 5.72 Å². The number of carbonyl (C=O) groups excluding carboxylic acids is 2. The molecule has 1 aliphatic rings. The van der Waals surface area contributed by atoms with E-state index < -0.39 is 47.5 Å². The maximum absolute atomic E-state index is 13.6. The summed E-state index contributed by atoms with van der Waals surface area (Å²) in [6, 6.07) is -1.10. The Morgan fingerprint density at radius 1 is 1.35 bits per heavy atom. The quantitative estimate of drug-likeness (QED) is 0.620. The van der Waals surface area contributed by atoms with E-state index in [2.05, 4.69) is 10.1 Å². The molecule has 0 saturated carbocycles. The van der Waals surface area contributed by atoms with Crippen LogP contribution < -0.4 is 5.32 Å². The Morgan fingerprint density at radius 2 is 1.96 bits per heavy atom. The molecule has 1 aliphatic heterocycles. The standard InChI is InChI=1S/C15H15F5N2O4/c1-3-26-12(23)10-11(7-4-5-8(16)9(17)6-7)21-13(24)22(2)14(10,25)15(18,19)20/h4-6,10-11,25H,3H2,1-2H3,(H,21,24)/t10-,11+,14-/m0/s1. The topological polar surface area (TPSA) is 78.9 Å². The van der Waals surface area contributed by atoms with Crippen LogP contribution in [0, 0.1) is 17.6 Å². The van der Waals surface area contributed by atoms with Gasteiger partial charge in [0.05, 0.1) is 12.6 Å². The molecule has 0 bridgehead atoms. The lowest BCUT2D eigenvalue weighted by atomic mass is 9.81. The smallest absolute Gasteiger partial charge is 0.437 e. The van der Waals surface area contributed by atoms with Gasteiger partial charge in [-0.15, -0.1) is 0 Å². The molecular formula is C15H15F5N2O4. The third-order valence-corrected chi connectivity index (χ3v) is 4.12. The van der Waals surface area contributed by atoms with Crippen molar-refractivity contribution in [1.29, 1.82) is 0 Å². The molecule has 1 fully saturated rings. The number of carbonyl (C=O) groups is 2. The molecule has 0 spiro atoms. The van der Waals surface area contributed by atoms with Crippen LogP contribution in [0.5, 0.6) is 0 Å².